The fourth-order valence-electron chi connectivity index (χ4n) is 1.10. The van der Waals surface area contributed by atoms with Gasteiger partial charge in [-0.15, -0.1) is 0 Å². The Hall–Kier alpha value is -1.86. The van der Waals surface area contributed by atoms with Gasteiger partial charge in [0.15, 0.2) is 0 Å². The quantitative estimate of drug-likeness (QED) is 0.782. The van der Waals surface area contributed by atoms with E-state index in [1.165, 1.54) is 0 Å². The molecule has 0 fully saturated rings. The molecule has 1 aromatic rings. The monoisotopic (exact) mass is 246 g/mol. The summed E-state index contributed by atoms with van der Waals surface area (Å²) in [5.74, 6) is 6.12. The normalized spacial score (nSPS) is 10.4. The van der Waals surface area contributed by atoms with Crippen LogP contribution in [0.15, 0.2) is 18.3 Å². The van der Waals surface area contributed by atoms with E-state index >= 15 is 0 Å². The van der Waals surface area contributed by atoms with E-state index in [0.29, 0.717) is 12.2 Å². The van der Waals surface area contributed by atoms with Crippen molar-refractivity contribution in [2.45, 2.75) is 27.2 Å². The molecule has 4 nitrogen and oxygen atoms in total. The molecule has 1 aromatic heterocycles. The zero-order valence-electron chi connectivity index (χ0n) is 10.9. The number of pyridine rings is 1. The van der Waals surface area contributed by atoms with Crippen LogP contribution in [0.3, 0.4) is 0 Å². The lowest BCUT2D eigenvalue weighted by molar-refractivity contribution is -0.123. The summed E-state index contributed by atoms with van der Waals surface area (Å²) in [5, 5.41) is 11.4. The van der Waals surface area contributed by atoms with E-state index in [9.17, 15) is 4.79 Å². The number of hydrogen-bond acceptors (Lipinski definition) is 3. The smallest absolute Gasteiger partial charge is 0.230 e. The fraction of sp³-hybridized carbons (Fsp3) is 0.429. The van der Waals surface area contributed by atoms with Gasteiger partial charge in [-0.2, -0.15) is 0 Å². The van der Waals surface area contributed by atoms with E-state index in [1.54, 1.807) is 18.3 Å². The summed E-state index contributed by atoms with van der Waals surface area (Å²) in [6.45, 7) is 5.57. The van der Waals surface area contributed by atoms with Crippen LogP contribution in [-0.2, 0) is 4.79 Å². The molecule has 18 heavy (non-hydrogen) atoms. The topological polar surface area (TPSA) is 62.2 Å². The summed E-state index contributed by atoms with van der Waals surface area (Å²) >= 11 is 0. The van der Waals surface area contributed by atoms with Crippen molar-refractivity contribution < 1.29 is 9.90 Å². The number of aliphatic hydroxyl groups is 1. The van der Waals surface area contributed by atoms with Gasteiger partial charge in [0.05, 0.1) is 6.61 Å². The van der Waals surface area contributed by atoms with Gasteiger partial charge in [0.1, 0.15) is 5.82 Å². The van der Waals surface area contributed by atoms with Gasteiger partial charge in [-0.3, -0.25) is 4.79 Å². The van der Waals surface area contributed by atoms with Crippen molar-refractivity contribution in [2.24, 2.45) is 5.41 Å². The third-order valence-corrected chi connectivity index (χ3v) is 2.15. The largest absolute Gasteiger partial charge is 0.395 e. The Kier molecular flexibility index (Phi) is 4.87. The number of amides is 1. The fourth-order valence-corrected chi connectivity index (χ4v) is 1.10. The van der Waals surface area contributed by atoms with Crippen molar-refractivity contribution in [3.05, 3.63) is 23.9 Å². The number of rotatable bonds is 2. The molecule has 4 heteroatoms. The molecular weight excluding hydrogens is 228 g/mol. The van der Waals surface area contributed by atoms with Crippen molar-refractivity contribution in [1.29, 1.82) is 0 Å². The molecule has 1 heterocycles. The third-order valence-electron chi connectivity index (χ3n) is 2.15. The van der Waals surface area contributed by atoms with Gasteiger partial charge >= 0.3 is 0 Å². The van der Waals surface area contributed by atoms with E-state index in [1.807, 2.05) is 20.8 Å². The standard InChI is InChI=1S/C14H18N2O2/c1-14(2,3)13(18)16-12-10-11(7-8-15-12)6-4-5-9-17/h7-8,10,17H,5,9H2,1-3H3,(H,15,16,18). The van der Waals surface area contributed by atoms with Gasteiger partial charge in [0.2, 0.25) is 5.91 Å². The molecular formula is C14H18N2O2. The lowest BCUT2D eigenvalue weighted by Gasteiger charge is -2.17. The number of aromatic nitrogens is 1. The number of anilines is 1. The highest BCUT2D eigenvalue weighted by Crippen LogP contribution is 2.16. The molecule has 1 amide bonds. The van der Waals surface area contributed by atoms with Crippen LogP contribution in [0.2, 0.25) is 0 Å². The van der Waals surface area contributed by atoms with E-state index in [2.05, 4.69) is 22.1 Å². The average Bonchev–Trinajstić information content (AvgIpc) is 2.28. The number of hydrogen-bond donors (Lipinski definition) is 2. The van der Waals surface area contributed by atoms with Crippen molar-refractivity contribution in [2.75, 3.05) is 11.9 Å². The Balaban J connectivity index is 2.78. The maximum absolute atomic E-state index is 11.8. The van der Waals surface area contributed by atoms with Crippen molar-refractivity contribution >= 4 is 11.7 Å². The van der Waals surface area contributed by atoms with E-state index in [0.717, 1.165) is 5.56 Å². The second kappa shape index (κ2) is 6.18. The average molecular weight is 246 g/mol. The van der Waals surface area contributed by atoms with E-state index < -0.39 is 5.41 Å². The minimum Gasteiger partial charge on any atom is -0.395 e. The summed E-state index contributed by atoms with van der Waals surface area (Å²) in [4.78, 5) is 15.9. The maximum atomic E-state index is 11.8. The van der Waals surface area contributed by atoms with Crippen LogP contribution in [0, 0.1) is 17.3 Å². The molecule has 0 saturated heterocycles. The third kappa shape index (κ3) is 4.56. The van der Waals surface area contributed by atoms with Gasteiger partial charge in [-0.25, -0.2) is 4.98 Å². The first-order valence-electron chi connectivity index (χ1n) is 5.81. The Morgan fingerprint density at radius 3 is 2.83 bits per heavy atom. The first kappa shape index (κ1) is 14.2. The molecule has 0 spiro atoms. The van der Waals surface area contributed by atoms with Gasteiger partial charge in [-0.05, 0) is 12.1 Å². The van der Waals surface area contributed by atoms with Crippen molar-refractivity contribution in [3.8, 4) is 11.8 Å². The first-order chi connectivity index (χ1) is 8.43. The molecule has 2 N–H and O–H groups in total. The summed E-state index contributed by atoms with van der Waals surface area (Å²) in [5.41, 5.74) is 0.308. The summed E-state index contributed by atoms with van der Waals surface area (Å²) in [7, 11) is 0. The number of nitrogens with zero attached hydrogens (tertiary/aromatic N) is 1. The molecule has 0 radical (unpaired) electrons. The minimum absolute atomic E-state index is 0.0473. The lowest BCUT2D eigenvalue weighted by atomic mass is 9.96. The SMILES string of the molecule is CC(C)(C)C(=O)Nc1cc(C#CCCO)ccn1. The predicted molar refractivity (Wildman–Crippen MR) is 70.9 cm³/mol. The molecule has 0 saturated carbocycles. The summed E-state index contributed by atoms with van der Waals surface area (Å²) in [6.07, 6.45) is 2.03. The Bertz CT molecular complexity index is 479. The van der Waals surface area contributed by atoms with Gasteiger partial charge in [0.25, 0.3) is 0 Å². The Morgan fingerprint density at radius 1 is 1.50 bits per heavy atom. The molecule has 0 atom stereocenters. The van der Waals surface area contributed by atoms with Crippen LogP contribution in [0.5, 0.6) is 0 Å². The molecule has 0 aliphatic heterocycles. The number of carbonyl (C=O) groups is 1. The summed E-state index contributed by atoms with van der Waals surface area (Å²) < 4.78 is 0. The molecule has 0 bridgehead atoms. The second-order valence-corrected chi connectivity index (χ2v) is 4.91. The molecule has 0 unspecified atom stereocenters. The Morgan fingerprint density at radius 2 is 2.22 bits per heavy atom. The minimum atomic E-state index is -0.458. The summed E-state index contributed by atoms with van der Waals surface area (Å²) in [6, 6.07) is 3.48. The lowest BCUT2D eigenvalue weighted by Crippen LogP contribution is -2.28. The van der Waals surface area contributed by atoms with Crippen LogP contribution >= 0.6 is 0 Å². The molecule has 0 aromatic carbocycles. The van der Waals surface area contributed by atoms with Crippen molar-refractivity contribution in [1.82, 2.24) is 4.98 Å². The van der Waals surface area contributed by atoms with Crippen LogP contribution in [0.4, 0.5) is 5.82 Å². The molecule has 96 valence electrons. The first-order valence-corrected chi connectivity index (χ1v) is 5.81. The zero-order valence-corrected chi connectivity index (χ0v) is 10.9. The van der Waals surface area contributed by atoms with Crippen molar-refractivity contribution in [3.63, 3.8) is 0 Å². The molecule has 0 aliphatic rings. The highest BCUT2D eigenvalue weighted by molar-refractivity contribution is 5.93. The highest BCUT2D eigenvalue weighted by atomic mass is 16.2. The number of carbonyl (C=O) groups excluding carboxylic acids is 1. The highest BCUT2D eigenvalue weighted by Gasteiger charge is 2.21. The van der Waals surface area contributed by atoms with Gasteiger partial charge in [-0.1, -0.05) is 32.6 Å². The van der Waals surface area contributed by atoms with Crippen LogP contribution < -0.4 is 5.32 Å². The van der Waals surface area contributed by atoms with Crippen LogP contribution in [0.25, 0.3) is 0 Å². The predicted octanol–water partition coefficient (Wildman–Crippen LogP) is 1.80. The van der Waals surface area contributed by atoms with Gasteiger partial charge in [0, 0.05) is 23.6 Å². The molecule has 1 rings (SSSR count). The van der Waals surface area contributed by atoms with Crippen LogP contribution in [0.1, 0.15) is 32.8 Å². The zero-order chi connectivity index (χ0) is 13.6. The Labute approximate surface area is 107 Å². The van der Waals surface area contributed by atoms with E-state index in [-0.39, 0.29) is 12.5 Å². The molecule has 0 aliphatic carbocycles. The van der Waals surface area contributed by atoms with Gasteiger partial charge < -0.3 is 10.4 Å². The second-order valence-electron chi connectivity index (χ2n) is 4.91. The maximum Gasteiger partial charge on any atom is 0.230 e. The van der Waals surface area contributed by atoms with Crippen LogP contribution in [-0.4, -0.2) is 22.6 Å². The number of aliphatic hydroxyl groups excluding tert-OH is 1. The number of nitrogens with one attached hydrogen (secondary N) is 1. The van der Waals surface area contributed by atoms with E-state index in [4.69, 9.17) is 5.11 Å².